The lowest BCUT2D eigenvalue weighted by molar-refractivity contribution is 0.212. The number of rotatable bonds is 7. The van der Waals surface area contributed by atoms with E-state index in [9.17, 15) is 4.79 Å². The average molecular weight is 424 g/mol. The number of hydrogen-bond acceptors (Lipinski definition) is 5. The third-order valence-corrected chi connectivity index (χ3v) is 6.96. The second-order valence-electron chi connectivity index (χ2n) is 8.14. The van der Waals surface area contributed by atoms with Crippen LogP contribution in [0.5, 0.6) is 5.88 Å². The van der Waals surface area contributed by atoms with Crippen molar-refractivity contribution in [3.8, 4) is 5.88 Å². The van der Waals surface area contributed by atoms with Crippen LogP contribution in [0.3, 0.4) is 0 Å². The van der Waals surface area contributed by atoms with Gasteiger partial charge >= 0.3 is 6.09 Å². The van der Waals surface area contributed by atoms with Gasteiger partial charge in [-0.2, -0.15) is 0 Å². The fourth-order valence-electron chi connectivity index (χ4n) is 4.21. The molecule has 2 aromatic heterocycles. The van der Waals surface area contributed by atoms with Crippen LogP contribution in [0.15, 0.2) is 48.7 Å². The molecule has 0 saturated heterocycles. The lowest BCUT2D eigenvalue weighted by Crippen LogP contribution is -2.27. The Kier molecular flexibility index (Phi) is 6.97. The molecule has 158 valence electrons. The summed E-state index contributed by atoms with van der Waals surface area (Å²) in [4.78, 5) is 16.7. The molecule has 1 amide bonds. The zero-order valence-electron chi connectivity index (χ0n) is 17.4. The maximum atomic E-state index is 12.4. The second-order valence-corrected chi connectivity index (χ2v) is 9.22. The molecule has 1 fully saturated rings. The molecule has 0 spiro atoms. The minimum atomic E-state index is -0.517. The molecule has 1 aromatic carbocycles. The highest BCUT2D eigenvalue weighted by Gasteiger charge is 2.20. The van der Waals surface area contributed by atoms with Crippen LogP contribution in [0.1, 0.15) is 44.6 Å². The van der Waals surface area contributed by atoms with Crippen molar-refractivity contribution in [1.82, 2.24) is 10.3 Å². The van der Waals surface area contributed by atoms with Crippen LogP contribution in [0.25, 0.3) is 10.1 Å². The van der Waals surface area contributed by atoms with E-state index in [0.29, 0.717) is 18.3 Å². The summed E-state index contributed by atoms with van der Waals surface area (Å²) in [6, 6.07) is 13.8. The number of nitrogens with zero attached hydrogens (tertiary/aromatic N) is 1. The van der Waals surface area contributed by atoms with Crippen molar-refractivity contribution in [2.75, 3.05) is 11.9 Å². The smallest absolute Gasteiger partial charge is 0.391 e. The minimum absolute atomic E-state index is 0.355. The zero-order chi connectivity index (χ0) is 20.8. The van der Waals surface area contributed by atoms with Gasteiger partial charge < -0.3 is 10.1 Å². The Hall–Kier alpha value is -2.44. The largest absolute Gasteiger partial charge is 0.419 e. The van der Waals surface area contributed by atoms with Crippen molar-refractivity contribution in [3.05, 3.63) is 54.2 Å². The van der Waals surface area contributed by atoms with E-state index in [4.69, 9.17) is 4.74 Å². The lowest BCUT2D eigenvalue weighted by atomic mass is 9.81. The summed E-state index contributed by atoms with van der Waals surface area (Å²) in [5, 5.41) is 8.22. The van der Waals surface area contributed by atoms with E-state index in [1.807, 2.05) is 42.5 Å². The third kappa shape index (κ3) is 5.37. The quantitative estimate of drug-likeness (QED) is 0.474. The molecule has 2 N–H and O–H groups in total. The van der Waals surface area contributed by atoms with Crippen molar-refractivity contribution < 1.29 is 9.53 Å². The molecule has 1 unspecified atom stereocenters. The fourth-order valence-corrected chi connectivity index (χ4v) is 5.16. The van der Waals surface area contributed by atoms with Gasteiger partial charge in [-0.3, -0.25) is 5.32 Å². The van der Waals surface area contributed by atoms with Gasteiger partial charge in [0.05, 0.1) is 5.00 Å². The van der Waals surface area contributed by atoms with Crippen LogP contribution in [0.2, 0.25) is 0 Å². The van der Waals surface area contributed by atoms with Crippen LogP contribution < -0.4 is 15.4 Å². The molecule has 0 bridgehead atoms. The SMILES string of the molecule is CC(CNCc1cccnc1OC(=O)Nc1cc2ccccc2s1)C1CCCCC1. The molecular formula is C24H29N3O2S. The first-order valence-corrected chi connectivity index (χ1v) is 11.6. The Morgan fingerprint density at radius 1 is 1.20 bits per heavy atom. The van der Waals surface area contributed by atoms with Crippen LogP contribution in [0, 0.1) is 11.8 Å². The summed E-state index contributed by atoms with van der Waals surface area (Å²) in [5.41, 5.74) is 0.889. The zero-order valence-corrected chi connectivity index (χ0v) is 18.2. The summed E-state index contributed by atoms with van der Waals surface area (Å²) < 4.78 is 6.65. The van der Waals surface area contributed by atoms with E-state index in [0.717, 1.165) is 33.1 Å². The first kappa shape index (κ1) is 20.8. The molecule has 1 saturated carbocycles. The van der Waals surface area contributed by atoms with Gasteiger partial charge in [0.15, 0.2) is 0 Å². The number of anilines is 1. The Labute approximate surface area is 181 Å². The number of amides is 1. The molecule has 4 rings (SSSR count). The Balaban J connectivity index is 1.31. The predicted molar refractivity (Wildman–Crippen MR) is 123 cm³/mol. The van der Waals surface area contributed by atoms with E-state index in [1.54, 1.807) is 6.20 Å². The highest BCUT2D eigenvalue weighted by atomic mass is 32.1. The molecule has 1 aliphatic rings. The summed E-state index contributed by atoms with van der Waals surface area (Å²) in [6.45, 7) is 3.94. The summed E-state index contributed by atoms with van der Waals surface area (Å²) in [7, 11) is 0. The van der Waals surface area contributed by atoms with E-state index in [1.165, 1.54) is 43.4 Å². The highest BCUT2D eigenvalue weighted by Crippen LogP contribution is 2.30. The molecule has 2 heterocycles. The van der Waals surface area contributed by atoms with Crippen molar-refractivity contribution >= 4 is 32.5 Å². The second kappa shape index (κ2) is 10.0. The number of nitrogens with one attached hydrogen (secondary N) is 2. The Bertz CT molecular complexity index is 948. The van der Waals surface area contributed by atoms with E-state index in [-0.39, 0.29) is 0 Å². The molecule has 0 radical (unpaired) electrons. The monoisotopic (exact) mass is 423 g/mol. The van der Waals surface area contributed by atoms with E-state index >= 15 is 0 Å². The number of fused-ring (bicyclic) bond motifs is 1. The van der Waals surface area contributed by atoms with Crippen LogP contribution in [-0.2, 0) is 6.54 Å². The van der Waals surface area contributed by atoms with Crippen LogP contribution in [0.4, 0.5) is 9.80 Å². The number of carbonyl (C=O) groups excluding carboxylic acids is 1. The van der Waals surface area contributed by atoms with Crippen LogP contribution >= 0.6 is 11.3 Å². The number of thiophene rings is 1. The van der Waals surface area contributed by atoms with Gasteiger partial charge in [-0.05, 0) is 42.0 Å². The number of aromatic nitrogens is 1. The Morgan fingerprint density at radius 3 is 2.87 bits per heavy atom. The Morgan fingerprint density at radius 2 is 2.03 bits per heavy atom. The third-order valence-electron chi connectivity index (χ3n) is 5.93. The maximum Gasteiger partial charge on any atom is 0.419 e. The predicted octanol–water partition coefficient (Wildman–Crippen LogP) is 6.21. The van der Waals surface area contributed by atoms with Gasteiger partial charge in [-0.1, -0.05) is 63.3 Å². The van der Waals surface area contributed by atoms with Crippen molar-refractivity contribution in [2.45, 2.75) is 45.6 Å². The first-order chi connectivity index (χ1) is 14.7. The summed E-state index contributed by atoms with van der Waals surface area (Å²) in [5.74, 6) is 1.83. The van der Waals surface area contributed by atoms with Gasteiger partial charge in [-0.25, -0.2) is 9.78 Å². The van der Waals surface area contributed by atoms with Crippen molar-refractivity contribution in [3.63, 3.8) is 0 Å². The number of pyridine rings is 1. The van der Waals surface area contributed by atoms with Gasteiger partial charge in [0, 0.05) is 23.0 Å². The van der Waals surface area contributed by atoms with Gasteiger partial charge in [0.2, 0.25) is 5.88 Å². The molecule has 6 heteroatoms. The normalized spacial score (nSPS) is 15.8. The molecule has 3 aromatic rings. The number of hydrogen-bond donors (Lipinski definition) is 2. The van der Waals surface area contributed by atoms with E-state index in [2.05, 4.69) is 22.5 Å². The minimum Gasteiger partial charge on any atom is -0.391 e. The maximum absolute atomic E-state index is 12.4. The number of carbonyl (C=O) groups is 1. The van der Waals surface area contributed by atoms with E-state index < -0.39 is 6.09 Å². The molecular weight excluding hydrogens is 394 g/mol. The van der Waals surface area contributed by atoms with Crippen molar-refractivity contribution in [1.29, 1.82) is 0 Å². The molecule has 5 nitrogen and oxygen atoms in total. The molecule has 1 aliphatic carbocycles. The molecule has 1 atom stereocenters. The van der Waals surface area contributed by atoms with Gasteiger partial charge in [0.25, 0.3) is 0 Å². The number of ether oxygens (including phenoxy) is 1. The number of benzene rings is 1. The fraction of sp³-hybridized carbons (Fsp3) is 0.417. The first-order valence-electron chi connectivity index (χ1n) is 10.8. The van der Waals surface area contributed by atoms with Gasteiger partial charge in [-0.15, -0.1) is 11.3 Å². The average Bonchev–Trinajstić information content (AvgIpc) is 3.17. The summed E-state index contributed by atoms with van der Waals surface area (Å²) in [6.07, 6.45) is 7.95. The lowest BCUT2D eigenvalue weighted by Gasteiger charge is -2.27. The molecule has 0 aliphatic heterocycles. The highest BCUT2D eigenvalue weighted by molar-refractivity contribution is 7.22. The molecule has 30 heavy (non-hydrogen) atoms. The standard InChI is InChI=1S/C24H29N3O2S/c1-17(18-8-3-2-4-9-18)15-25-16-20-11-7-13-26-23(20)29-24(28)27-22-14-19-10-5-6-12-21(19)30-22/h5-7,10-14,17-18,25H,2-4,8-9,15-16H2,1H3,(H,27,28). The topological polar surface area (TPSA) is 63.3 Å². The van der Waals surface area contributed by atoms with Crippen LogP contribution in [-0.4, -0.2) is 17.6 Å². The van der Waals surface area contributed by atoms with Gasteiger partial charge in [0.1, 0.15) is 0 Å². The summed E-state index contributed by atoms with van der Waals surface area (Å²) >= 11 is 1.53. The van der Waals surface area contributed by atoms with Crippen molar-refractivity contribution in [2.24, 2.45) is 11.8 Å².